The molecule has 1 aliphatic heterocycles. The first-order chi connectivity index (χ1) is 10.2. The van der Waals surface area contributed by atoms with Crippen LogP contribution in [0.25, 0.3) is 0 Å². The van der Waals surface area contributed by atoms with Crippen LogP contribution in [-0.4, -0.2) is 54.2 Å². The summed E-state index contributed by atoms with van der Waals surface area (Å²) in [5.41, 5.74) is 0.286. The molecule has 21 heavy (non-hydrogen) atoms. The molecule has 2 N–H and O–H groups in total. The number of carbonyl (C=O) groups excluding carboxylic acids is 1. The van der Waals surface area contributed by atoms with Crippen LogP contribution in [0.2, 0.25) is 0 Å². The van der Waals surface area contributed by atoms with Gasteiger partial charge >= 0.3 is 0 Å². The summed E-state index contributed by atoms with van der Waals surface area (Å²) in [5, 5.41) is 3.05. The SMILES string of the molecule is COC1CCN([C@H]2CCC[C@H]2NC(=O)c2cc(F)c[nH]2)C1. The summed E-state index contributed by atoms with van der Waals surface area (Å²) in [5.74, 6) is -0.635. The first-order valence-corrected chi connectivity index (χ1v) is 7.59. The number of carbonyl (C=O) groups is 1. The van der Waals surface area contributed by atoms with Crippen molar-refractivity contribution in [2.45, 2.75) is 43.9 Å². The van der Waals surface area contributed by atoms with Crippen molar-refractivity contribution in [1.29, 1.82) is 0 Å². The molecule has 0 radical (unpaired) electrons. The third-order valence-electron chi connectivity index (χ3n) is 4.67. The molecule has 1 aromatic rings. The van der Waals surface area contributed by atoms with Crippen LogP contribution in [-0.2, 0) is 4.74 Å². The standard InChI is InChI=1S/C15H22FN3O2/c1-21-11-5-6-19(9-11)14-4-2-3-12(14)18-15(20)13-7-10(16)8-17-13/h7-8,11-12,14,17H,2-6,9H2,1H3,(H,18,20)/t11?,12-,14+/m1/s1. The maximum atomic E-state index is 13.0. The fraction of sp³-hybridized carbons (Fsp3) is 0.667. The molecule has 0 bridgehead atoms. The van der Waals surface area contributed by atoms with Crippen LogP contribution in [0.5, 0.6) is 0 Å². The van der Waals surface area contributed by atoms with Crippen molar-refractivity contribution in [3.63, 3.8) is 0 Å². The van der Waals surface area contributed by atoms with Gasteiger partial charge in [-0.15, -0.1) is 0 Å². The largest absolute Gasteiger partial charge is 0.380 e. The normalized spacial score (nSPS) is 29.9. The highest BCUT2D eigenvalue weighted by Crippen LogP contribution is 2.28. The maximum absolute atomic E-state index is 13.0. The van der Waals surface area contributed by atoms with Gasteiger partial charge in [0.1, 0.15) is 11.5 Å². The number of ether oxygens (including phenoxy) is 1. The Morgan fingerprint density at radius 1 is 1.48 bits per heavy atom. The van der Waals surface area contributed by atoms with E-state index in [0.29, 0.717) is 12.1 Å². The molecule has 1 aliphatic carbocycles. The van der Waals surface area contributed by atoms with Crippen molar-refractivity contribution in [3.05, 3.63) is 23.8 Å². The number of likely N-dealkylation sites (tertiary alicyclic amines) is 1. The van der Waals surface area contributed by atoms with Gasteiger partial charge in [0.05, 0.1) is 6.10 Å². The van der Waals surface area contributed by atoms with Crippen LogP contribution in [0.4, 0.5) is 4.39 Å². The number of methoxy groups -OCH3 is 1. The van der Waals surface area contributed by atoms with E-state index in [9.17, 15) is 9.18 Å². The van der Waals surface area contributed by atoms with Crippen LogP contribution in [0.3, 0.4) is 0 Å². The molecule has 1 amide bonds. The molecule has 6 heteroatoms. The molecule has 3 rings (SSSR count). The maximum Gasteiger partial charge on any atom is 0.268 e. The highest BCUT2D eigenvalue weighted by molar-refractivity contribution is 5.92. The van der Waals surface area contributed by atoms with Gasteiger partial charge in [-0.05, 0) is 25.7 Å². The van der Waals surface area contributed by atoms with Crippen molar-refractivity contribution in [2.75, 3.05) is 20.2 Å². The Labute approximate surface area is 123 Å². The summed E-state index contributed by atoms with van der Waals surface area (Å²) in [6.07, 6.45) is 5.75. The monoisotopic (exact) mass is 295 g/mol. The summed E-state index contributed by atoms with van der Waals surface area (Å²) in [6, 6.07) is 1.74. The second-order valence-corrected chi connectivity index (χ2v) is 5.95. The number of nitrogens with zero attached hydrogens (tertiary/aromatic N) is 1. The van der Waals surface area contributed by atoms with Crippen LogP contribution in [0.15, 0.2) is 12.3 Å². The minimum atomic E-state index is -0.411. The van der Waals surface area contributed by atoms with E-state index >= 15 is 0 Å². The lowest BCUT2D eigenvalue weighted by atomic mass is 10.1. The molecule has 1 unspecified atom stereocenters. The second-order valence-electron chi connectivity index (χ2n) is 5.95. The van der Waals surface area contributed by atoms with Crippen LogP contribution in [0, 0.1) is 5.82 Å². The van der Waals surface area contributed by atoms with E-state index < -0.39 is 5.82 Å². The lowest BCUT2D eigenvalue weighted by Crippen LogP contribution is -2.48. The van der Waals surface area contributed by atoms with Crippen LogP contribution < -0.4 is 5.32 Å². The summed E-state index contributed by atoms with van der Waals surface area (Å²) in [7, 11) is 1.75. The predicted molar refractivity (Wildman–Crippen MR) is 76.6 cm³/mol. The second kappa shape index (κ2) is 6.15. The van der Waals surface area contributed by atoms with Gasteiger partial charge in [-0.2, -0.15) is 0 Å². The molecule has 1 saturated heterocycles. The average Bonchev–Trinajstić information content (AvgIpc) is 3.17. The number of hydrogen-bond acceptors (Lipinski definition) is 3. The smallest absolute Gasteiger partial charge is 0.268 e. The zero-order valence-corrected chi connectivity index (χ0v) is 12.3. The molecule has 2 fully saturated rings. The summed E-state index contributed by atoms with van der Waals surface area (Å²) in [6.45, 7) is 1.96. The molecule has 0 spiro atoms. The first kappa shape index (κ1) is 14.5. The van der Waals surface area contributed by atoms with Gasteiger partial charge in [-0.1, -0.05) is 0 Å². The van der Waals surface area contributed by atoms with E-state index in [2.05, 4.69) is 15.2 Å². The molecule has 1 aromatic heterocycles. The molecular formula is C15H22FN3O2. The van der Waals surface area contributed by atoms with Crippen molar-refractivity contribution in [3.8, 4) is 0 Å². The van der Waals surface area contributed by atoms with Gasteiger partial charge in [0, 0.05) is 44.5 Å². The molecule has 2 heterocycles. The Hall–Kier alpha value is -1.40. The highest BCUT2D eigenvalue weighted by atomic mass is 19.1. The van der Waals surface area contributed by atoms with E-state index in [1.54, 1.807) is 7.11 Å². The van der Waals surface area contributed by atoms with Crippen molar-refractivity contribution >= 4 is 5.91 Å². The third kappa shape index (κ3) is 3.11. The molecule has 0 aromatic carbocycles. The predicted octanol–water partition coefficient (Wildman–Crippen LogP) is 1.53. The highest BCUT2D eigenvalue weighted by Gasteiger charge is 2.36. The number of nitrogens with one attached hydrogen (secondary N) is 2. The van der Waals surface area contributed by atoms with Crippen molar-refractivity contribution in [1.82, 2.24) is 15.2 Å². The molecular weight excluding hydrogens is 273 g/mol. The first-order valence-electron chi connectivity index (χ1n) is 7.59. The van der Waals surface area contributed by atoms with E-state index in [-0.39, 0.29) is 17.6 Å². The topological polar surface area (TPSA) is 57.4 Å². The number of H-pyrrole nitrogens is 1. The number of amides is 1. The lowest BCUT2D eigenvalue weighted by Gasteiger charge is -2.29. The van der Waals surface area contributed by atoms with Gasteiger partial charge in [-0.3, -0.25) is 9.69 Å². The van der Waals surface area contributed by atoms with E-state index in [4.69, 9.17) is 4.74 Å². The van der Waals surface area contributed by atoms with Gasteiger partial charge in [0.2, 0.25) is 0 Å². The Balaban J connectivity index is 1.61. The van der Waals surface area contributed by atoms with Gasteiger partial charge in [0.25, 0.3) is 5.91 Å². The number of rotatable bonds is 4. The summed E-state index contributed by atoms with van der Waals surface area (Å²) >= 11 is 0. The number of halogens is 1. The van der Waals surface area contributed by atoms with Crippen LogP contribution in [0.1, 0.15) is 36.2 Å². The van der Waals surface area contributed by atoms with Gasteiger partial charge in [0.15, 0.2) is 0 Å². The summed E-state index contributed by atoms with van der Waals surface area (Å²) < 4.78 is 18.4. The molecule has 3 atom stereocenters. The zero-order chi connectivity index (χ0) is 14.8. The minimum absolute atomic E-state index is 0.138. The molecule has 1 saturated carbocycles. The minimum Gasteiger partial charge on any atom is -0.380 e. The number of hydrogen-bond donors (Lipinski definition) is 2. The molecule has 5 nitrogen and oxygen atoms in total. The lowest BCUT2D eigenvalue weighted by molar-refractivity contribution is 0.0869. The van der Waals surface area contributed by atoms with E-state index in [1.165, 1.54) is 12.3 Å². The van der Waals surface area contributed by atoms with Gasteiger partial charge < -0.3 is 15.0 Å². The Kier molecular flexibility index (Phi) is 4.26. The quantitative estimate of drug-likeness (QED) is 0.885. The molecule has 116 valence electrons. The van der Waals surface area contributed by atoms with Crippen molar-refractivity contribution in [2.24, 2.45) is 0 Å². The fourth-order valence-corrected chi connectivity index (χ4v) is 3.54. The summed E-state index contributed by atoms with van der Waals surface area (Å²) in [4.78, 5) is 17.2. The number of aromatic nitrogens is 1. The van der Waals surface area contributed by atoms with Crippen molar-refractivity contribution < 1.29 is 13.9 Å². The Bertz CT molecular complexity index is 505. The fourth-order valence-electron chi connectivity index (χ4n) is 3.54. The number of aromatic amines is 1. The molecule has 2 aliphatic rings. The van der Waals surface area contributed by atoms with E-state index in [0.717, 1.165) is 38.8 Å². The van der Waals surface area contributed by atoms with E-state index in [1.807, 2.05) is 0 Å². The Morgan fingerprint density at radius 2 is 2.33 bits per heavy atom. The zero-order valence-electron chi connectivity index (χ0n) is 12.3. The Morgan fingerprint density at radius 3 is 3.00 bits per heavy atom. The third-order valence-corrected chi connectivity index (χ3v) is 4.67. The van der Waals surface area contributed by atoms with Gasteiger partial charge in [-0.25, -0.2) is 4.39 Å². The average molecular weight is 295 g/mol. The van der Waals surface area contributed by atoms with Crippen LogP contribution >= 0.6 is 0 Å².